The van der Waals surface area contributed by atoms with Gasteiger partial charge in [0, 0.05) is 18.3 Å². The number of hydrogen-bond donors (Lipinski definition) is 1. The predicted octanol–water partition coefficient (Wildman–Crippen LogP) is 3.46. The topological polar surface area (TPSA) is 42.4 Å². The van der Waals surface area contributed by atoms with Crippen molar-refractivity contribution >= 4 is 5.69 Å². The first kappa shape index (κ1) is 13.6. The van der Waals surface area contributed by atoms with Crippen LogP contribution in [-0.4, -0.2) is 6.54 Å². The molecule has 19 heavy (non-hydrogen) atoms. The van der Waals surface area contributed by atoms with Crippen molar-refractivity contribution in [2.75, 3.05) is 11.4 Å². The quantitative estimate of drug-likeness (QED) is 0.897. The minimum Gasteiger partial charge on any atom is -0.467 e. The number of hydrogen-bond acceptors (Lipinski definition) is 3. The maximum Gasteiger partial charge on any atom is 0.123 e. The van der Waals surface area contributed by atoms with E-state index in [1.807, 2.05) is 19.1 Å². The first-order valence-corrected chi connectivity index (χ1v) is 6.44. The number of furan rings is 1. The summed E-state index contributed by atoms with van der Waals surface area (Å²) in [5, 5.41) is 0. The Morgan fingerprint density at radius 1 is 1.37 bits per heavy atom. The highest BCUT2D eigenvalue weighted by atomic mass is 19.1. The van der Waals surface area contributed by atoms with Gasteiger partial charge in [0.2, 0.25) is 0 Å². The summed E-state index contributed by atoms with van der Waals surface area (Å²) in [6, 6.07) is 8.33. The Kier molecular flexibility index (Phi) is 4.22. The average molecular weight is 262 g/mol. The number of anilines is 1. The van der Waals surface area contributed by atoms with Gasteiger partial charge in [-0.15, -0.1) is 0 Å². The summed E-state index contributed by atoms with van der Waals surface area (Å²) in [5.41, 5.74) is 7.70. The van der Waals surface area contributed by atoms with Gasteiger partial charge in [0.1, 0.15) is 11.6 Å². The summed E-state index contributed by atoms with van der Waals surface area (Å²) in [6.45, 7) is 5.36. The number of nitrogens with zero attached hydrogens (tertiary/aromatic N) is 1. The zero-order valence-corrected chi connectivity index (χ0v) is 11.3. The monoisotopic (exact) mass is 262 g/mol. The molecule has 1 aromatic carbocycles. The van der Waals surface area contributed by atoms with Gasteiger partial charge >= 0.3 is 0 Å². The zero-order chi connectivity index (χ0) is 13.8. The van der Waals surface area contributed by atoms with Crippen molar-refractivity contribution in [2.45, 2.75) is 26.4 Å². The molecule has 2 N–H and O–H groups in total. The second kappa shape index (κ2) is 5.89. The molecular weight excluding hydrogens is 243 g/mol. The minimum absolute atomic E-state index is 0.212. The van der Waals surface area contributed by atoms with Crippen molar-refractivity contribution in [1.29, 1.82) is 0 Å². The molecule has 0 aliphatic heterocycles. The van der Waals surface area contributed by atoms with Crippen LogP contribution in [0.3, 0.4) is 0 Å². The van der Waals surface area contributed by atoms with E-state index in [-0.39, 0.29) is 11.9 Å². The van der Waals surface area contributed by atoms with Gasteiger partial charge in [-0.2, -0.15) is 0 Å². The zero-order valence-electron chi connectivity index (χ0n) is 11.3. The molecule has 1 heterocycles. The molecule has 0 amide bonds. The van der Waals surface area contributed by atoms with E-state index in [1.54, 1.807) is 12.3 Å². The van der Waals surface area contributed by atoms with Crippen molar-refractivity contribution < 1.29 is 8.81 Å². The maximum absolute atomic E-state index is 13.4. The van der Waals surface area contributed by atoms with Crippen molar-refractivity contribution in [3.63, 3.8) is 0 Å². The number of nitrogens with two attached hydrogens (primary N) is 1. The summed E-state index contributed by atoms with van der Waals surface area (Å²) in [7, 11) is 0. The Hall–Kier alpha value is -1.81. The van der Waals surface area contributed by atoms with Crippen molar-refractivity contribution in [3.05, 3.63) is 53.7 Å². The van der Waals surface area contributed by atoms with Gasteiger partial charge in [-0.3, -0.25) is 0 Å². The Balaban J connectivity index is 2.32. The summed E-state index contributed by atoms with van der Waals surface area (Å²) in [4.78, 5) is 2.12. The number of benzene rings is 1. The van der Waals surface area contributed by atoms with E-state index in [2.05, 4.69) is 11.8 Å². The average Bonchev–Trinajstić information content (AvgIpc) is 2.89. The SMILES string of the molecule is CCN(Cc1ccco1)c1ccc(F)cc1[C@H](C)N. The molecule has 0 aliphatic carbocycles. The molecule has 0 saturated heterocycles. The van der Waals surface area contributed by atoms with Crippen LogP contribution in [0.5, 0.6) is 0 Å². The van der Waals surface area contributed by atoms with Crippen LogP contribution < -0.4 is 10.6 Å². The van der Waals surface area contributed by atoms with Gasteiger partial charge in [-0.25, -0.2) is 4.39 Å². The molecule has 102 valence electrons. The second-order valence-corrected chi connectivity index (χ2v) is 4.59. The third-order valence-corrected chi connectivity index (χ3v) is 3.13. The minimum atomic E-state index is -0.259. The van der Waals surface area contributed by atoms with Crippen LogP contribution in [0.4, 0.5) is 10.1 Å². The number of halogens is 1. The lowest BCUT2D eigenvalue weighted by Crippen LogP contribution is -2.24. The lowest BCUT2D eigenvalue weighted by Gasteiger charge is -2.26. The van der Waals surface area contributed by atoms with Gasteiger partial charge in [0.15, 0.2) is 0 Å². The highest BCUT2D eigenvalue weighted by molar-refractivity contribution is 5.55. The van der Waals surface area contributed by atoms with Crippen molar-refractivity contribution in [2.24, 2.45) is 5.73 Å². The largest absolute Gasteiger partial charge is 0.467 e. The second-order valence-electron chi connectivity index (χ2n) is 4.59. The Morgan fingerprint density at radius 3 is 2.74 bits per heavy atom. The van der Waals surface area contributed by atoms with Gasteiger partial charge in [-0.05, 0) is 49.7 Å². The molecule has 0 bridgehead atoms. The molecule has 3 nitrogen and oxygen atoms in total. The fraction of sp³-hybridized carbons (Fsp3) is 0.333. The molecule has 0 spiro atoms. The third-order valence-electron chi connectivity index (χ3n) is 3.13. The Labute approximate surface area is 112 Å². The molecule has 0 radical (unpaired) electrons. The van der Waals surface area contributed by atoms with Gasteiger partial charge in [0.05, 0.1) is 12.8 Å². The van der Waals surface area contributed by atoms with Gasteiger partial charge in [0.25, 0.3) is 0 Å². The van der Waals surface area contributed by atoms with Crippen molar-refractivity contribution in [3.8, 4) is 0 Å². The first-order valence-electron chi connectivity index (χ1n) is 6.44. The summed E-state index contributed by atoms with van der Waals surface area (Å²) in [5.74, 6) is 0.618. The van der Waals surface area contributed by atoms with E-state index in [4.69, 9.17) is 10.2 Å². The van der Waals surface area contributed by atoms with E-state index in [9.17, 15) is 4.39 Å². The highest BCUT2D eigenvalue weighted by Crippen LogP contribution is 2.27. The molecule has 0 saturated carbocycles. The molecule has 1 aromatic heterocycles. The lowest BCUT2D eigenvalue weighted by molar-refractivity contribution is 0.503. The molecule has 1 atom stereocenters. The predicted molar refractivity (Wildman–Crippen MR) is 74.4 cm³/mol. The maximum atomic E-state index is 13.4. The first-order chi connectivity index (χ1) is 9.11. The van der Waals surface area contributed by atoms with E-state index >= 15 is 0 Å². The molecular formula is C15H19FN2O. The van der Waals surface area contributed by atoms with Crippen LogP contribution in [0.2, 0.25) is 0 Å². The smallest absolute Gasteiger partial charge is 0.123 e. The fourth-order valence-corrected chi connectivity index (χ4v) is 2.14. The van der Waals surface area contributed by atoms with Crippen LogP contribution in [0.25, 0.3) is 0 Å². The van der Waals surface area contributed by atoms with E-state index < -0.39 is 0 Å². The van der Waals surface area contributed by atoms with Crippen LogP contribution in [0, 0.1) is 5.82 Å². The van der Waals surface area contributed by atoms with E-state index in [0.717, 1.165) is 23.6 Å². The lowest BCUT2D eigenvalue weighted by atomic mass is 10.1. The molecule has 2 aromatic rings. The van der Waals surface area contributed by atoms with E-state index in [0.29, 0.717) is 6.54 Å². The van der Waals surface area contributed by atoms with Crippen LogP contribution in [0.1, 0.15) is 31.2 Å². The van der Waals surface area contributed by atoms with Crippen LogP contribution >= 0.6 is 0 Å². The Bertz CT molecular complexity index is 523. The fourth-order valence-electron chi connectivity index (χ4n) is 2.14. The highest BCUT2D eigenvalue weighted by Gasteiger charge is 2.14. The van der Waals surface area contributed by atoms with Crippen LogP contribution in [0.15, 0.2) is 41.0 Å². The number of rotatable bonds is 5. The van der Waals surface area contributed by atoms with Gasteiger partial charge in [-0.1, -0.05) is 0 Å². The molecule has 0 aliphatic rings. The van der Waals surface area contributed by atoms with Crippen LogP contribution in [-0.2, 0) is 6.54 Å². The van der Waals surface area contributed by atoms with Crippen molar-refractivity contribution in [1.82, 2.24) is 0 Å². The summed E-state index contributed by atoms with van der Waals surface area (Å²) >= 11 is 0. The van der Waals surface area contributed by atoms with Gasteiger partial charge < -0.3 is 15.1 Å². The summed E-state index contributed by atoms with van der Waals surface area (Å²) < 4.78 is 18.7. The van der Waals surface area contributed by atoms with E-state index in [1.165, 1.54) is 12.1 Å². The molecule has 4 heteroatoms. The molecule has 0 unspecified atom stereocenters. The third kappa shape index (κ3) is 3.15. The molecule has 2 rings (SSSR count). The normalized spacial score (nSPS) is 12.4. The Morgan fingerprint density at radius 2 is 2.16 bits per heavy atom. The molecule has 0 fully saturated rings. The summed E-state index contributed by atoms with van der Waals surface area (Å²) in [6.07, 6.45) is 1.65. The standard InChI is InChI=1S/C15H19FN2O/c1-3-18(10-13-5-4-8-19-13)15-7-6-12(16)9-14(15)11(2)17/h4-9,11H,3,10,17H2,1-2H3/t11-/m0/s1.